The van der Waals surface area contributed by atoms with E-state index in [1.54, 1.807) is 47.4 Å². The lowest BCUT2D eigenvalue weighted by molar-refractivity contribution is 0.102. The monoisotopic (exact) mass is 421 g/mol. The summed E-state index contributed by atoms with van der Waals surface area (Å²) in [6.07, 6.45) is 0. The quantitative estimate of drug-likeness (QED) is 0.593. The molecule has 1 fully saturated rings. The van der Waals surface area contributed by atoms with Gasteiger partial charge in [-0.2, -0.15) is 0 Å². The molecule has 3 aromatic rings. The molecule has 0 atom stereocenters. The van der Waals surface area contributed by atoms with Crippen LogP contribution in [0, 0.1) is 6.92 Å². The molecule has 4 rings (SSSR count). The van der Waals surface area contributed by atoms with E-state index in [0.717, 1.165) is 11.3 Å². The van der Waals surface area contributed by atoms with Gasteiger partial charge in [-0.15, -0.1) is 0 Å². The number of nitrogens with zero attached hydrogens (tertiary/aromatic N) is 1. The topological polar surface area (TPSA) is 70.7 Å². The highest BCUT2D eigenvalue weighted by Gasteiger charge is 2.21. The number of hydrogen-bond acceptors (Lipinski definition) is 3. The SMILES string of the molecule is Cc1ccc(Oc2ccc(Cl)cc2NC(=O)c2ccc(N3CCNC3=O)cc2)cc1. The third-order valence-electron chi connectivity index (χ3n) is 4.74. The van der Waals surface area contributed by atoms with E-state index in [-0.39, 0.29) is 11.9 Å². The van der Waals surface area contributed by atoms with Crippen molar-refractivity contribution in [1.29, 1.82) is 0 Å². The van der Waals surface area contributed by atoms with E-state index >= 15 is 0 Å². The summed E-state index contributed by atoms with van der Waals surface area (Å²) in [6, 6.07) is 19.4. The van der Waals surface area contributed by atoms with Gasteiger partial charge in [-0.1, -0.05) is 29.3 Å². The van der Waals surface area contributed by atoms with Crippen LogP contribution in [0.5, 0.6) is 11.5 Å². The van der Waals surface area contributed by atoms with Gasteiger partial charge in [0.1, 0.15) is 5.75 Å². The average molecular weight is 422 g/mol. The normalized spacial score (nSPS) is 13.1. The van der Waals surface area contributed by atoms with Crippen molar-refractivity contribution in [2.75, 3.05) is 23.3 Å². The van der Waals surface area contributed by atoms with Crippen LogP contribution in [0.4, 0.5) is 16.2 Å². The number of hydrogen-bond donors (Lipinski definition) is 2. The minimum Gasteiger partial charge on any atom is -0.455 e. The van der Waals surface area contributed by atoms with Gasteiger partial charge in [0.2, 0.25) is 0 Å². The van der Waals surface area contributed by atoms with Crippen LogP contribution in [0.15, 0.2) is 66.7 Å². The number of nitrogens with one attached hydrogen (secondary N) is 2. The number of aryl methyl sites for hydroxylation is 1. The van der Waals surface area contributed by atoms with Crippen molar-refractivity contribution >= 4 is 34.9 Å². The van der Waals surface area contributed by atoms with Crippen LogP contribution in [0.25, 0.3) is 0 Å². The molecule has 0 bridgehead atoms. The van der Waals surface area contributed by atoms with E-state index in [4.69, 9.17) is 16.3 Å². The average Bonchev–Trinajstić information content (AvgIpc) is 3.17. The highest BCUT2D eigenvalue weighted by molar-refractivity contribution is 6.31. The molecule has 0 aromatic heterocycles. The third-order valence-corrected chi connectivity index (χ3v) is 4.97. The van der Waals surface area contributed by atoms with Crippen molar-refractivity contribution in [3.8, 4) is 11.5 Å². The van der Waals surface area contributed by atoms with Gasteiger partial charge in [-0.25, -0.2) is 4.79 Å². The van der Waals surface area contributed by atoms with Crippen molar-refractivity contribution in [2.45, 2.75) is 6.92 Å². The maximum atomic E-state index is 12.8. The number of rotatable bonds is 5. The molecule has 2 N–H and O–H groups in total. The third kappa shape index (κ3) is 4.39. The lowest BCUT2D eigenvalue weighted by atomic mass is 10.1. The molecule has 0 aliphatic carbocycles. The zero-order chi connectivity index (χ0) is 21.1. The van der Waals surface area contributed by atoms with Crippen LogP contribution < -0.4 is 20.3 Å². The van der Waals surface area contributed by atoms with E-state index in [9.17, 15) is 9.59 Å². The minimum absolute atomic E-state index is 0.135. The molecule has 1 saturated heterocycles. The van der Waals surface area contributed by atoms with Gasteiger partial charge < -0.3 is 15.4 Å². The van der Waals surface area contributed by atoms with E-state index in [1.807, 2.05) is 31.2 Å². The first kappa shape index (κ1) is 19.8. The summed E-state index contributed by atoms with van der Waals surface area (Å²) in [5.74, 6) is 0.845. The summed E-state index contributed by atoms with van der Waals surface area (Å²) in [5.41, 5.74) is 2.80. The van der Waals surface area contributed by atoms with Gasteiger partial charge in [0.25, 0.3) is 5.91 Å². The van der Waals surface area contributed by atoms with Crippen LogP contribution in [-0.4, -0.2) is 25.0 Å². The predicted molar refractivity (Wildman–Crippen MR) is 118 cm³/mol. The number of benzene rings is 3. The largest absolute Gasteiger partial charge is 0.455 e. The Labute approximate surface area is 179 Å². The molecule has 152 valence electrons. The lowest BCUT2D eigenvalue weighted by Crippen LogP contribution is -2.27. The van der Waals surface area contributed by atoms with Crippen LogP contribution in [0.3, 0.4) is 0 Å². The Balaban J connectivity index is 1.51. The first-order valence-corrected chi connectivity index (χ1v) is 9.88. The second-order valence-electron chi connectivity index (χ2n) is 6.94. The van der Waals surface area contributed by atoms with Gasteiger partial charge in [0.15, 0.2) is 5.75 Å². The molecule has 7 heteroatoms. The number of urea groups is 1. The van der Waals surface area contributed by atoms with Crippen LogP contribution in [0.1, 0.15) is 15.9 Å². The summed E-state index contributed by atoms with van der Waals surface area (Å²) in [4.78, 5) is 26.2. The van der Waals surface area contributed by atoms with Gasteiger partial charge in [-0.3, -0.25) is 9.69 Å². The Kier molecular flexibility index (Phi) is 5.59. The molecule has 6 nitrogen and oxygen atoms in total. The molecular formula is C23H20ClN3O3. The van der Waals surface area contributed by atoms with Crippen molar-refractivity contribution in [1.82, 2.24) is 5.32 Å². The highest BCUT2D eigenvalue weighted by atomic mass is 35.5. The standard InChI is InChI=1S/C23H20ClN3O3/c1-15-2-9-19(10-3-15)30-21-11-6-17(24)14-20(21)26-22(28)16-4-7-18(8-5-16)27-13-12-25-23(27)29/h2-11,14H,12-13H2,1H3,(H,25,29)(H,26,28). The molecule has 0 unspecified atom stereocenters. The van der Waals surface area contributed by atoms with Crippen LogP contribution >= 0.6 is 11.6 Å². The zero-order valence-electron chi connectivity index (χ0n) is 16.3. The van der Waals surface area contributed by atoms with Crippen molar-refractivity contribution in [3.63, 3.8) is 0 Å². The fourth-order valence-electron chi connectivity index (χ4n) is 3.13. The first-order valence-electron chi connectivity index (χ1n) is 9.50. The Morgan fingerprint density at radius 3 is 2.47 bits per heavy atom. The maximum absolute atomic E-state index is 12.8. The van der Waals surface area contributed by atoms with Gasteiger partial charge in [0.05, 0.1) is 5.69 Å². The molecule has 3 amide bonds. The molecular weight excluding hydrogens is 402 g/mol. The van der Waals surface area contributed by atoms with Crippen molar-refractivity contribution in [3.05, 3.63) is 82.9 Å². The number of carbonyl (C=O) groups is 2. The molecule has 30 heavy (non-hydrogen) atoms. The molecule has 1 aliphatic heterocycles. The van der Waals surface area contributed by atoms with Crippen LogP contribution in [0.2, 0.25) is 5.02 Å². The van der Waals surface area contributed by atoms with E-state index < -0.39 is 0 Å². The Hall–Kier alpha value is -3.51. The number of halogens is 1. The Bertz CT molecular complexity index is 1080. The van der Waals surface area contributed by atoms with E-state index in [1.165, 1.54) is 0 Å². The molecule has 0 radical (unpaired) electrons. The summed E-state index contributed by atoms with van der Waals surface area (Å²) >= 11 is 6.13. The predicted octanol–water partition coefficient (Wildman–Crippen LogP) is 5.22. The van der Waals surface area contributed by atoms with Gasteiger partial charge >= 0.3 is 6.03 Å². The highest BCUT2D eigenvalue weighted by Crippen LogP contribution is 2.32. The van der Waals surface area contributed by atoms with Crippen LogP contribution in [-0.2, 0) is 0 Å². The lowest BCUT2D eigenvalue weighted by Gasteiger charge is -2.15. The minimum atomic E-state index is -0.302. The van der Waals surface area contributed by atoms with Gasteiger partial charge in [0, 0.05) is 29.4 Å². The summed E-state index contributed by atoms with van der Waals surface area (Å²) in [6.45, 7) is 3.21. The number of ether oxygens (including phenoxy) is 1. The van der Waals surface area contributed by atoms with Crippen molar-refractivity contribution < 1.29 is 14.3 Å². The summed E-state index contributed by atoms with van der Waals surface area (Å²) in [7, 11) is 0. The van der Waals surface area contributed by atoms with Gasteiger partial charge in [-0.05, 0) is 61.5 Å². The number of amides is 3. The molecule has 0 saturated carbocycles. The maximum Gasteiger partial charge on any atom is 0.321 e. The Morgan fingerprint density at radius 1 is 1.07 bits per heavy atom. The fraction of sp³-hybridized carbons (Fsp3) is 0.130. The molecule has 1 heterocycles. The summed E-state index contributed by atoms with van der Waals surface area (Å²) < 4.78 is 5.93. The number of carbonyl (C=O) groups excluding carboxylic acids is 2. The number of anilines is 2. The van der Waals surface area contributed by atoms with Crippen molar-refractivity contribution in [2.24, 2.45) is 0 Å². The fourth-order valence-corrected chi connectivity index (χ4v) is 3.30. The molecule has 0 spiro atoms. The smallest absolute Gasteiger partial charge is 0.321 e. The second-order valence-corrected chi connectivity index (χ2v) is 7.38. The first-order chi connectivity index (χ1) is 14.5. The van der Waals surface area contributed by atoms with E-state index in [2.05, 4.69) is 10.6 Å². The van der Waals surface area contributed by atoms with E-state index in [0.29, 0.717) is 40.9 Å². The molecule has 3 aromatic carbocycles. The summed E-state index contributed by atoms with van der Waals surface area (Å²) in [5, 5.41) is 6.09. The second kappa shape index (κ2) is 8.47. The zero-order valence-corrected chi connectivity index (χ0v) is 17.1. The Morgan fingerprint density at radius 2 is 1.80 bits per heavy atom. The molecule has 1 aliphatic rings.